The minimum absolute atomic E-state index is 0.00433. The monoisotopic (exact) mass is 250 g/mol. The molecule has 2 aliphatic rings. The lowest BCUT2D eigenvalue weighted by Gasteiger charge is -2.29. The number of rotatable bonds is 3. The Morgan fingerprint density at radius 3 is 3.11 bits per heavy atom. The van der Waals surface area contributed by atoms with Crippen LogP contribution in [0.15, 0.2) is 11.5 Å². The van der Waals surface area contributed by atoms with E-state index in [-0.39, 0.29) is 5.92 Å². The summed E-state index contributed by atoms with van der Waals surface area (Å²) in [5.74, 6) is 7.76. The predicted octanol–water partition coefficient (Wildman–Crippen LogP) is 2.60. The quantitative estimate of drug-likeness (QED) is 0.618. The first kappa shape index (κ1) is 13.3. The van der Waals surface area contributed by atoms with Crippen molar-refractivity contribution in [2.24, 2.45) is 5.92 Å². The van der Waals surface area contributed by atoms with Crippen LogP contribution in [0.1, 0.15) is 45.4 Å². The molecule has 18 heavy (non-hydrogen) atoms. The van der Waals surface area contributed by atoms with Gasteiger partial charge in [0, 0.05) is 12.8 Å². The Labute approximate surface area is 109 Å². The number of ether oxygens (including phenoxy) is 2. The van der Waals surface area contributed by atoms with E-state index in [1.165, 1.54) is 0 Å². The van der Waals surface area contributed by atoms with Crippen molar-refractivity contribution in [1.82, 2.24) is 0 Å². The molecule has 0 aromatic carbocycles. The van der Waals surface area contributed by atoms with Gasteiger partial charge >= 0.3 is 0 Å². The van der Waals surface area contributed by atoms with Crippen molar-refractivity contribution in [3.8, 4) is 11.8 Å². The lowest BCUT2D eigenvalue weighted by molar-refractivity contribution is 0.0161. The normalized spacial score (nSPS) is 30.3. The zero-order chi connectivity index (χ0) is 13.0. The van der Waals surface area contributed by atoms with Gasteiger partial charge in [-0.15, -0.1) is 5.92 Å². The molecule has 0 unspecified atom stereocenters. The van der Waals surface area contributed by atoms with Crippen molar-refractivity contribution in [3.05, 3.63) is 11.5 Å². The number of unbranched alkanes of at least 4 members (excludes halogenated alkanes) is 2. The molecule has 0 aromatic heterocycles. The summed E-state index contributed by atoms with van der Waals surface area (Å²) in [6.45, 7) is 2.86. The summed E-state index contributed by atoms with van der Waals surface area (Å²) < 4.78 is 11.0. The van der Waals surface area contributed by atoms with E-state index in [0.717, 1.165) is 50.2 Å². The van der Waals surface area contributed by atoms with Gasteiger partial charge in [0.2, 0.25) is 0 Å². The summed E-state index contributed by atoms with van der Waals surface area (Å²) in [5.41, 5.74) is -0.977. The Morgan fingerprint density at radius 1 is 1.56 bits per heavy atom. The van der Waals surface area contributed by atoms with E-state index >= 15 is 0 Å². The second-order valence-corrected chi connectivity index (χ2v) is 5.04. The van der Waals surface area contributed by atoms with Gasteiger partial charge in [-0.2, -0.15) is 0 Å². The van der Waals surface area contributed by atoms with Crippen LogP contribution in [0.3, 0.4) is 0 Å². The van der Waals surface area contributed by atoms with E-state index in [1.54, 1.807) is 7.11 Å². The summed E-state index contributed by atoms with van der Waals surface area (Å²) in [7, 11) is 1.63. The van der Waals surface area contributed by atoms with Crippen molar-refractivity contribution >= 4 is 0 Å². The van der Waals surface area contributed by atoms with Crippen LogP contribution in [-0.2, 0) is 9.47 Å². The molecule has 2 atom stereocenters. The highest BCUT2D eigenvalue weighted by molar-refractivity contribution is 5.32. The van der Waals surface area contributed by atoms with Crippen LogP contribution < -0.4 is 0 Å². The van der Waals surface area contributed by atoms with Gasteiger partial charge in [-0.05, 0) is 19.3 Å². The molecule has 1 heterocycles. The van der Waals surface area contributed by atoms with Crippen LogP contribution in [0.5, 0.6) is 0 Å². The van der Waals surface area contributed by atoms with Gasteiger partial charge < -0.3 is 14.6 Å². The second kappa shape index (κ2) is 5.67. The third kappa shape index (κ3) is 2.49. The summed E-state index contributed by atoms with van der Waals surface area (Å²) in [6, 6.07) is 0. The fourth-order valence-electron chi connectivity index (χ4n) is 2.67. The van der Waals surface area contributed by atoms with Crippen molar-refractivity contribution < 1.29 is 14.6 Å². The lowest BCUT2D eigenvalue weighted by atomic mass is 9.85. The van der Waals surface area contributed by atoms with Gasteiger partial charge in [0.15, 0.2) is 0 Å². The Hall–Kier alpha value is -1.14. The first-order chi connectivity index (χ1) is 8.71. The molecule has 1 fully saturated rings. The van der Waals surface area contributed by atoms with Crippen LogP contribution in [0.2, 0.25) is 0 Å². The third-order valence-electron chi connectivity index (χ3n) is 3.70. The van der Waals surface area contributed by atoms with E-state index in [1.807, 2.05) is 0 Å². The molecule has 0 bridgehead atoms. The third-order valence-corrected chi connectivity index (χ3v) is 3.70. The van der Waals surface area contributed by atoms with Crippen molar-refractivity contribution in [2.75, 3.05) is 13.7 Å². The number of aliphatic hydroxyl groups is 1. The smallest absolute Gasteiger partial charge is 0.142 e. The zero-order valence-corrected chi connectivity index (χ0v) is 11.3. The average Bonchev–Trinajstić information content (AvgIpc) is 2.69. The predicted molar refractivity (Wildman–Crippen MR) is 69.6 cm³/mol. The van der Waals surface area contributed by atoms with Crippen molar-refractivity contribution in [3.63, 3.8) is 0 Å². The SMILES string of the molecule is CCCCC#C[C@]1(O)CC(OC)=C2OCCC[C@H]21. The summed E-state index contributed by atoms with van der Waals surface area (Å²) >= 11 is 0. The Morgan fingerprint density at radius 2 is 2.39 bits per heavy atom. The topological polar surface area (TPSA) is 38.7 Å². The van der Waals surface area contributed by atoms with Gasteiger partial charge in [-0.1, -0.05) is 19.3 Å². The highest BCUT2D eigenvalue weighted by Gasteiger charge is 2.48. The number of hydrogen-bond donors (Lipinski definition) is 1. The first-order valence-corrected chi connectivity index (χ1v) is 6.83. The molecule has 3 heteroatoms. The van der Waals surface area contributed by atoms with Gasteiger partial charge in [0.05, 0.1) is 19.6 Å². The molecule has 2 rings (SSSR count). The maximum absolute atomic E-state index is 10.7. The summed E-state index contributed by atoms with van der Waals surface area (Å²) in [5, 5.41) is 10.7. The maximum Gasteiger partial charge on any atom is 0.142 e. The van der Waals surface area contributed by atoms with Gasteiger partial charge in [0.25, 0.3) is 0 Å². The molecule has 0 radical (unpaired) electrons. The Balaban J connectivity index is 2.12. The summed E-state index contributed by atoms with van der Waals surface area (Å²) in [6.07, 6.45) is 5.44. The molecule has 1 aliphatic heterocycles. The number of fused-ring (bicyclic) bond motifs is 1. The molecule has 0 amide bonds. The molecule has 3 nitrogen and oxygen atoms in total. The number of methoxy groups -OCH3 is 1. The standard InChI is InChI=1S/C15H22O3/c1-3-4-5-6-9-15(16)11-13(17-2)14-12(15)8-7-10-18-14/h12,16H,3-5,7-8,10-11H2,1-2H3/t12-,15+/m1/s1. The van der Waals surface area contributed by atoms with Gasteiger partial charge in [-0.3, -0.25) is 0 Å². The van der Waals surface area contributed by atoms with Crippen molar-refractivity contribution in [2.45, 2.75) is 51.0 Å². The minimum Gasteiger partial charge on any atom is -0.497 e. The average molecular weight is 250 g/mol. The molecular weight excluding hydrogens is 228 g/mol. The van der Waals surface area contributed by atoms with Crippen LogP contribution in [-0.4, -0.2) is 24.4 Å². The molecule has 0 aromatic rings. The van der Waals surface area contributed by atoms with Crippen molar-refractivity contribution in [1.29, 1.82) is 0 Å². The molecule has 1 N–H and O–H groups in total. The van der Waals surface area contributed by atoms with E-state index < -0.39 is 5.60 Å². The maximum atomic E-state index is 10.7. The molecule has 0 saturated carbocycles. The minimum atomic E-state index is -0.977. The molecule has 0 spiro atoms. The first-order valence-electron chi connectivity index (χ1n) is 6.83. The number of hydrogen-bond acceptors (Lipinski definition) is 3. The highest BCUT2D eigenvalue weighted by atomic mass is 16.5. The largest absolute Gasteiger partial charge is 0.497 e. The molecule has 100 valence electrons. The van der Waals surface area contributed by atoms with Crippen LogP contribution in [0.4, 0.5) is 0 Å². The van der Waals surface area contributed by atoms with Gasteiger partial charge in [-0.25, -0.2) is 0 Å². The Bertz CT molecular complexity index is 388. The second-order valence-electron chi connectivity index (χ2n) is 5.04. The Kier molecular flexibility index (Phi) is 4.19. The van der Waals surface area contributed by atoms with Crippen LogP contribution in [0.25, 0.3) is 0 Å². The fourth-order valence-corrected chi connectivity index (χ4v) is 2.67. The van der Waals surface area contributed by atoms with E-state index in [0.29, 0.717) is 6.42 Å². The fraction of sp³-hybridized carbons (Fsp3) is 0.733. The lowest BCUT2D eigenvalue weighted by Crippen LogP contribution is -2.35. The zero-order valence-electron chi connectivity index (χ0n) is 11.3. The van der Waals surface area contributed by atoms with E-state index in [4.69, 9.17) is 9.47 Å². The molecular formula is C15H22O3. The highest BCUT2D eigenvalue weighted by Crippen LogP contribution is 2.45. The van der Waals surface area contributed by atoms with Gasteiger partial charge in [0.1, 0.15) is 17.1 Å². The van der Waals surface area contributed by atoms with E-state index in [2.05, 4.69) is 18.8 Å². The summed E-state index contributed by atoms with van der Waals surface area (Å²) in [4.78, 5) is 0. The molecule has 1 saturated heterocycles. The van der Waals surface area contributed by atoms with Crippen LogP contribution in [0, 0.1) is 17.8 Å². The van der Waals surface area contributed by atoms with E-state index in [9.17, 15) is 5.11 Å². The van der Waals surface area contributed by atoms with Crippen LogP contribution >= 0.6 is 0 Å². The molecule has 1 aliphatic carbocycles.